The number of aromatic nitrogens is 2. The first kappa shape index (κ1) is 21.2. The Morgan fingerprint density at radius 2 is 1.75 bits per heavy atom. The fourth-order valence-electron chi connectivity index (χ4n) is 3.93. The first-order chi connectivity index (χ1) is 15.8. The van der Waals surface area contributed by atoms with Crippen molar-refractivity contribution in [3.63, 3.8) is 0 Å². The third-order valence-corrected chi connectivity index (χ3v) is 7.38. The Morgan fingerprint density at radius 1 is 1.00 bits per heavy atom. The molecule has 6 nitrogen and oxygen atoms in total. The van der Waals surface area contributed by atoms with Gasteiger partial charge in [-0.15, -0.1) is 11.8 Å². The van der Waals surface area contributed by atoms with E-state index in [1.54, 1.807) is 0 Å². The Morgan fingerprint density at radius 3 is 2.44 bits per heavy atom. The van der Waals surface area contributed by atoms with Gasteiger partial charge in [0.2, 0.25) is 0 Å². The normalized spacial score (nSPS) is 17.2. The maximum absolute atomic E-state index is 9.03. The molecule has 0 amide bonds. The van der Waals surface area contributed by atoms with Crippen molar-refractivity contribution in [1.82, 2.24) is 9.97 Å². The molecule has 0 atom stereocenters. The third-order valence-electron chi connectivity index (χ3n) is 5.86. The molecule has 1 aromatic heterocycles. The summed E-state index contributed by atoms with van der Waals surface area (Å²) in [5.74, 6) is 1.74. The van der Waals surface area contributed by atoms with Crippen molar-refractivity contribution in [1.29, 1.82) is 0 Å². The number of thioether (sulfide) groups is 1. The summed E-state index contributed by atoms with van der Waals surface area (Å²) >= 11 is 1.91. The van der Waals surface area contributed by atoms with Gasteiger partial charge >= 0.3 is 0 Å². The molecule has 7 heteroatoms. The van der Waals surface area contributed by atoms with Gasteiger partial charge in [0, 0.05) is 41.8 Å². The molecule has 0 radical (unpaired) electrons. The number of anilines is 2. The van der Waals surface area contributed by atoms with Gasteiger partial charge in [0.05, 0.1) is 30.3 Å². The van der Waals surface area contributed by atoms with E-state index in [9.17, 15) is 0 Å². The predicted molar refractivity (Wildman–Crippen MR) is 129 cm³/mol. The number of aliphatic hydroxyl groups is 1. The molecule has 1 aliphatic heterocycles. The Hall–Kier alpha value is -2.61. The van der Waals surface area contributed by atoms with E-state index in [1.165, 1.54) is 4.90 Å². The molecular weight excluding hydrogens is 420 g/mol. The number of benzene rings is 2. The molecule has 2 heterocycles. The molecule has 1 aliphatic carbocycles. The maximum Gasteiger partial charge on any atom is 0.161 e. The van der Waals surface area contributed by atoms with Gasteiger partial charge in [-0.05, 0) is 49.2 Å². The lowest BCUT2D eigenvalue weighted by Gasteiger charge is -2.29. The average molecular weight is 449 g/mol. The number of hydrogen-bond donors (Lipinski definition) is 2. The van der Waals surface area contributed by atoms with E-state index in [-0.39, 0.29) is 11.4 Å². The van der Waals surface area contributed by atoms with Gasteiger partial charge in [0.25, 0.3) is 0 Å². The minimum Gasteiger partial charge on any atom is -0.395 e. The van der Waals surface area contributed by atoms with Crippen molar-refractivity contribution in [3.8, 4) is 11.4 Å². The Balaban J connectivity index is 1.49. The number of aliphatic hydroxyl groups excluding tert-OH is 1. The molecule has 2 aromatic carbocycles. The summed E-state index contributed by atoms with van der Waals surface area (Å²) in [6, 6.07) is 20.9. The number of ether oxygens (including phenoxy) is 1. The number of nitrogens with one attached hydrogen (secondary N) is 1. The zero-order valence-electron chi connectivity index (χ0n) is 18.0. The van der Waals surface area contributed by atoms with Gasteiger partial charge in [-0.25, -0.2) is 9.97 Å². The summed E-state index contributed by atoms with van der Waals surface area (Å²) < 4.78 is 5.57. The van der Waals surface area contributed by atoms with Crippen molar-refractivity contribution in [2.45, 2.75) is 22.5 Å². The molecule has 0 unspecified atom stereocenters. The summed E-state index contributed by atoms with van der Waals surface area (Å²) in [6.45, 7) is 3.79. The number of hydrogen-bond acceptors (Lipinski definition) is 7. The van der Waals surface area contributed by atoms with E-state index in [1.807, 2.05) is 36.0 Å². The van der Waals surface area contributed by atoms with Gasteiger partial charge < -0.3 is 20.1 Å². The lowest BCUT2D eigenvalue weighted by Crippen LogP contribution is -2.37. The molecule has 5 rings (SSSR count). The summed E-state index contributed by atoms with van der Waals surface area (Å²) in [6.07, 6.45) is 2.24. The van der Waals surface area contributed by atoms with Gasteiger partial charge in [-0.3, -0.25) is 0 Å². The standard InChI is InChI=1S/C25H28N4O2S/c30-15-12-26-20-8-6-19(7-9-20)24-27-22(18-23(28-24)29-13-16-31-17-14-29)25(10-11-25)32-21-4-2-1-3-5-21/h1-9,18,26,30H,10-17H2. The number of nitrogens with zero attached hydrogens (tertiary/aromatic N) is 3. The van der Waals surface area contributed by atoms with Crippen molar-refractivity contribution in [2.24, 2.45) is 0 Å². The first-order valence-electron chi connectivity index (χ1n) is 11.2. The fraction of sp³-hybridized carbons (Fsp3) is 0.360. The second-order valence-corrected chi connectivity index (χ2v) is 9.63. The van der Waals surface area contributed by atoms with Crippen molar-refractivity contribution < 1.29 is 9.84 Å². The highest BCUT2D eigenvalue weighted by Crippen LogP contribution is 2.59. The fourth-order valence-corrected chi connectivity index (χ4v) is 5.19. The molecule has 1 saturated carbocycles. The smallest absolute Gasteiger partial charge is 0.161 e. The SMILES string of the molecule is OCCNc1ccc(-c2nc(N3CCOCC3)cc(C3(Sc4ccccc4)CC3)n2)cc1. The lowest BCUT2D eigenvalue weighted by atomic mass is 10.1. The Labute approximate surface area is 193 Å². The van der Waals surface area contributed by atoms with Crippen molar-refractivity contribution in [3.05, 3.63) is 66.4 Å². The van der Waals surface area contributed by atoms with Crippen LogP contribution in [0.5, 0.6) is 0 Å². The van der Waals surface area contributed by atoms with E-state index >= 15 is 0 Å². The summed E-state index contributed by atoms with van der Waals surface area (Å²) in [5, 5.41) is 12.2. The average Bonchev–Trinajstić information content (AvgIpc) is 3.64. The zero-order chi connectivity index (χ0) is 21.8. The van der Waals surface area contributed by atoms with Crippen LogP contribution in [0.25, 0.3) is 11.4 Å². The predicted octanol–water partition coefficient (Wildman–Crippen LogP) is 4.17. The van der Waals surface area contributed by atoms with Gasteiger partial charge in [0.1, 0.15) is 5.82 Å². The van der Waals surface area contributed by atoms with E-state index in [4.69, 9.17) is 19.8 Å². The van der Waals surface area contributed by atoms with Gasteiger partial charge in [-0.1, -0.05) is 18.2 Å². The Kier molecular flexibility index (Phi) is 6.30. The van der Waals surface area contributed by atoms with Crippen LogP contribution in [0.4, 0.5) is 11.5 Å². The van der Waals surface area contributed by atoms with E-state index in [2.05, 4.69) is 46.6 Å². The second-order valence-electron chi connectivity index (χ2n) is 8.17. The van der Waals surface area contributed by atoms with Crippen LogP contribution in [0.3, 0.4) is 0 Å². The topological polar surface area (TPSA) is 70.5 Å². The molecule has 0 bridgehead atoms. The van der Waals surface area contributed by atoms with Crippen LogP contribution in [-0.2, 0) is 9.48 Å². The monoisotopic (exact) mass is 448 g/mol. The molecule has 32 heavy (non-hydrogen) atoms. The lowest BCUT2D eigenvalue weighted by molar-refractivity contribution is 0.122. The second kappa shape index (κ2) is 9.48. The van der Waals surface area contributed by atoms with Crippen molar-refractivity contribution >= 4 is 23.3 Å². The van der Waals surface area contributed by atoms with Crippen LogP contribution in [0.2, 0.25) is 0 Å². The van der Waals surface area contributed by atoms with Crippen LogP contribution in [0.1, 0.15) is 18.5 Å². The highest BCUT2D eigenvalue weighted by atomic mass is 32.2. The van der Waals surface area contributed by atoms with E-state index in [0.29, 0.717) is 6.54 Å². The highest BCUT2D eigenvalue weighted by molar-refractivity contribution is 8.00. The highest BCUT2D eigenvalue weighted by Gasteiger charge is 2.47. The molecule has 1 saturated heterocycles. The molecule has 3 aromatic rings. The molecule has 166 valence electrons. The molecule has 0 spiro atoms. The quantitative estimate of drug-likeness (QED) is 0.536. The molecule has 2 N–H and O–H groups in total. The Bertz CT molecular complexity index is 1040. The van der Waals surface area contributed by atoms with Gasteiger partial charge in [-0.2, -0.15) is 0 Å². The summed E-state index contributed by atoms with van der Waals surface area (Å²) in [7, 11) is 0. The molecular formula is C25H28N4O2S. The summed E-state index contributed by atoms with van der Waals surface area (Å²) in [5.41, 5.74) is 3.09. The van der Waals surface area contributed by atoms with E-state index < -0.39 is 0 Å². The van der Waals surface area contributed by atoms with Crippen LogP contribution in [-0.4, -0.2) is 54.5 Å². The van der Waals surface area contributed by atoms with Crippen LogP contribution in [0.15, 0.2) is 65.6 Å². The van der Waals surface area contributed by atoms with Crippen LogP contribution < -0.4 is 10.2 Å². The number of rotatable bonds is 8. The van der Waals surface area contributed by atoms with Crippen LogP contribution in [0, 0.1) is 0 Å². The molecule has 2 aliphatic rings. The number of morpholine rings is 1. The van der Waals surface area contributed by atoms with Crippen LogP contribution >= 0.6 is 11.8 Å². The summed E-state index contributed by atoms with van der Waals surface area (Å²) in [4.78, 5) is 13.6. The minimum atomic E-state index is 0.0166. The zero-order valence-corrected chi connectivity index (χ0v) is 18.9. The van der Waals surface area contributed by atoms with Gasteiger partial charge in [0.15, 0.2) is 5.82 Å². The third kappa shape index (κ3) is 4.75. The molecule has 2 fully saturated rings. The largest absolute Gasteiger partial charge is 0.395 e. The first-order valence-corrected chi connectivity index (χ1v) is 12.0. The van der Waals surface area contributed by atoms with E-state index in [0.717, 1.165) is 67.7 Å². The van der Waals surface area contributed by atoms with Crippen molar-refractivity contribution in [2.75, 3.05) is 49.7 Å². The minimum absolute atomic E-state index is 0.0166. The maximum atomic E-state index is 9.03.